The number of fused-ring (bicyclic) bond motifs is 1. The molecule has 2 heterocycles. The standard InChI is InChI=1S/C16H18N4OS/c1-4-22-16-18-17-14-15(21)19(9-10-20(14)16)13-7-5-12(6-8-13)11(2)3/h5-11H,4H2,1-3H3. The van der Waals surface area contributed by atoms with E-state index in [1.807, 2.05) is 25.3 Å². The molecule has 0 aliphatic carbocycles. The first kappa shape index (κ1) is 14.8. The lowest BCUT2D eigenvalue weighted by Crippen LogP contribution is -2.20. The fourth-order valence-electron chi connectivity index (χ4n) is 2.32. The third-order valence-corrected chi connectivity index (χ3v) is 4.38. The second-order valence-electron chi connectivity index (χ2n) is 5.33. The summed E-state index contributed by atoms with van der Waals surface area (Å²) in [6.07, 6.45) is 3.61. The van der Waals surface area contributed by atoms with Gasteiger partial charge in [0.25, 0.3) is 0 Å². The predicted octanol–water partition coefficient (Wildman–Crippen LogP) is 3.12. The fraction of sp³-hybridized carbons (Fsp3) is 0.312. The molecular weight excluding hydrogens is 296 g/mol. The van der Waals surface area contributed by atoms with Crippen LogP contribution in [0.5, 0.6) is 0 Å². The minimum absolute atomic E-state index is 0.157. The number of aromatic nitrogens is 4. The maximum Gasteiger partial charge on any atom is 0.300 e. The van der Waals surface area contributed by atoms with Gasteiger partial charge in [0.05, 0.1) is 0 Å². The lowest BCUT2D eigenvalue weighted by Gasteiger charge is -2.09. The molecule has 0 radical (unpaired) electrons. The highest BCUT2D eigenvalue weighted by Crippen LogP contribution is 2.17. The molecule has 0 amide bonds. The topological polar surface area (TPSA) is 52.2 Å². The number of rotatable bonds is 4. The number of nitrogens with zero attached hydrogens (tertiary/aromatic N) is 4. The van der Waals surface area contributed by atoms with Crippen molar-refractivity contribution < 1.29 is 0 Å². The second kappa shape index (κ2) is 5.96. The molecule has 0 bridgehead atoms. The molecule has 22 heavy (non-hydrogen) atoms. The summed E-state index contributed by atoms with van der Waals surface area (Å²) in [7, 11) is 0. The van der Waals surface area contributed by atoms with E-state index in [4.69, 9.17) is 0 Å². The quantitative estimate of drug-likeness (QED) is 0.694. The summed E-state index contributed by atoms with van der Waals surface area (Å²) in [5.41, 5.74) is 2.29. The molecule has 0 spiro atoms. The molecule has 0 atom stereocenters. The van der Waals surface area contributed by atoms with E-state index in [0.717, 1.165) is 16.6 Å². The first-order chi connectivity index (χ1) is 10.6. The van der Waals surface area contributed by atoms with Crippen molar-refractivity contribution in [2.45, 2.75) is 31.8 Å². The van der Waals surface area contributed by atoms with Gasteiger partial charge < -0.3 is 0 Å². The van der Waals surface area contributed by atoms with Crippen LogP contribution in [0.3, 0.4) is 0 Å². The molecule has 5 nitrogen and oxygen atoms in total. The molecule has 0 unspecified atom stereocenters. The Balaban J connectivity index is 2.08. The lowest BCUT2D eigenvalue weighted by atomic mass is 10.0. The largest absolute Gasteiger partial charge is 0.300 e. The van der Waals surface area contributed by atoms with Crippen LogP contribution in [0.2, 0.25) is 0 Å². The summed E-state index contributed by atoms with van der Waals surface area (Å²) in [5.74, 6) is 1.36. The molecule has 3 aromatic rings. The maximum absolute atomic E-state index is 12.6. The van der Waals surface area contributed by atoms with Crippen molar-refractivity contribution in [1.82, 2.24) is 19.2 Å². The van der Waals surface area contributed by atoms with Crippen molar-refractivity contribution in [3.8, 4) is 5.69 Å². The van der Waals surface area contributed by atoms with Gasteiger partial charge in [0.1, 0.15) is 0 Å². The number of hydrogen-bond acceptors (Lipinski definition) is 4. The summed E-state index contributed by atoms with van der Waals surface area (Å²) in [5, 5.41) is 8.86. The van der Waals surface area contributed by atoms with Crippen LogP contribution in [0.4, 0.5) is 0 Å². The van der Waals surface area contributed by atoms with E-state index in [1.165, 1.54) is 5.56 Å². The smallest absolute Gasteiger partial charge is 0.280 e. The molecule has 114 valence electrons. The zero-order valence-corrected chi connectivity index (χ0v) is 13.7. The van der Waals surface area contributed by atoms with Gasteiger partial charge in [-0.1, -0.05) is 44.7 Å². The third-order valence-electron chi connectivity index (χ3n) is 3.55. The molecule has 6 heteroatoms. The average molecular weight is 314 g/mol. The Bertz CT molecular complexity index is 849. The van der Waals surface area contributed by atoms with Gasteiger partial charge in [-0.05, 0) is 29.4 Å². The van der Waals surface area contributed by atoms with Gasteiger partial charge in [-0.15, -0.1) is 10.2 Å². The molecular formula is C16H18N4OS. The van der Waals surface area contributed by atoms with Crippen molar-refractivity contribution in [3.63, 3.8) is 0 Å². The van der Waals surface area contributed by atoms with E-state index in [9.17, 15) is 4.79 Å². The molecule has 0 saturated heterocycles. The van der Waals surface area contributed by atoms with Crippen LogP contribution in [0, 0.1) is 0 Å². The summed E-state index contributed by atoms with van der Waals surface area (Å²) in [6, 6.07) is 8.04. The van der Waals surface area contributed by atoms with Gasteiger partial charge in [-0.3, -0.25) is 13.8 Å². The summed E-state index contributed by atoms with van der Waals surface area (Å²) in [6.45, 7) is 6.34. The summed E-state index contributed by atoms with van der Waals surface area (Å²) < 4.78 is 3.35. The molecule has 1 aromatic carbocycles. The van der Waals surface area contributed by atoms with E-state index < -0.39 is 0 Å². The Kier molecular flexibility index (Phi) is 4.02. The van der Waals surface area contributed by atoms with Crippen LogP contribution in [0.25, 0.3) is 11.3 Å². The molecule has 2 aromatic heterocycles. The van der Waals surface area contributed by atoms with Crippen LogP contribution in [0.15, 0.2) is 46.6 Å². The Morgan fingerprint density at radius 2 is 1.86 bits per heavy atom. The normalized spacial score (nSPS) is 11.5. The lowest BCUT2D eigenvalue weighted by molar-refractivity contribution is 0.862. The number of benzene rings is 1. The average Bonchev–Trinajstić information content (AvgIpc) is 2.92. The highest BCUT2D eigenvalue weighted by molar-refractivity contribution is 7.99. The third kappa shape index (κ3) is 2.54. The van der Waals surface area contributed by atoms with E-state index >= 15 is 0 Å². The van der Waals surface area contributed by atoms with Crippen LogP contribution >= 0.6 is 11.8 Å². The summed E-state index contributed by atoms with van der Waals surface area (Å²) >= 11 is 1.57. The van der Waals surface area contributed by atoms with Crippen LogP contribution in [0.1, 0.15) is 32.3 Å². The fourth-order valence-corrected chi connectivity index (χ4v) is 2.96. The van der Waals surface area contributed by atoms with E-state index in [-0.39, 0.29) is 5.56 Å². The van der Waals surface area contributed by atoms with Crippen molar-refractivity contribution in [2.75, 3.05) is 5.75 Å². The molecule has 0 fully saturated rings. The van der Waals surface area contributed by atoms with Gasteiger partial charge >= 0.3 is 5.56 Å². The zero-order valence-electron chi connectivity index (χ0n) is 12.9. The van der Waals surface area contributed by atoms with Gasteiger partial charge in [0, 0.05) is 18.1 Å². The Hall–Kier alpha value is -2.08. The van der Waals surface area contributed by atoms with Crippen molar-refractivity contribution in [2.24, 2.45) is 0 Å². The Morgan fingerprint density at radius 3 is 2.50 bits per heavy atom. The van der Waals surface area contributed by atoms with Crippen molar-refractivity contribution in [3.05, 3.63) is 52.6 Å². The van der Waals surface area contributed by atoms with Gasteiger partial charge in [0.2, 0.25) is 5.65 Å². The molecule has 0 aliphatic rings. The second-order valence-corrected chi connectivity index (χ2v) is 6.56. The van der Waals surface area contributed by atoms with Crippen LogP contribution in [-0.4, -0.2) is 24.9 Å². The minimum atomic E-state index is -0.157. The van der Waals surface area contributed by atoms with E-state index in [0.29, 0.717) is 11.6 Å². The van der Waals surface area contributed by atoms with Gasteiger partial charge in [0.15, 0.2) is 5.16 Å². The monoisotopic (exact) mass is 314 g/mol. The van der Waals surface area contributed by atoms with Gasteiger partial charge in [-0.25, -0.2) is 0 Å². The van der Waals surface area contributed by atoms with E-state index in [1.54, 1.807) is 26.9 Å². The first-order valence-corrected chi connectivity index (χ1v) is 8.30. The molecule has 0 N–H and O–H groups in total. The first-order valence-electron chi connectivity index (χ1n) is 7.31. The maximum atomic E-state index is 12.6. The van der Waals surface area contributed by atoms with Crippen LogP contribution < -0.4 is 5.56 Å². The van der Waals surface area contributed by atoms with Crippen molar-refractivity contribution >= 4 is 17.4 Å². The number of thioether (sulfide) groups is 1. The summed E-state index contributed by atoms with van der Waals surface area (Å²) in [4.78, 5) is 12.6. The van der Waals surface area contributed by atoms with Crippen molar-refractivity contribution in [1.29, 1.82) is 0 Å². The minimum Gasteiger partial charge on any atom is -0.280 e. The molecule has 0 aliphatic heterocycles. The highest BCUT2D eigenvalue weighted by atomic mass is 32.2. The van der Waals surface area contributed by atoms with E-state index in [2.05, 4.69) is 36.2 Å². The Morgan fingerprint density at radius 1 is 1.14 bits per heavy atom. The zero-order chi connectivity index (χ0) is 15.7. The molecule has 0 saturated carbocycles. The SMILES string of the molecule is CCSc1nnc2c(=O)n(-c3ccc(C(C)C)cc3)ccn12. The number of hydrogen-bond donors (Lipinski definition) is 0. The Labute approximate surface area is 133 Å². The molecule has 3 rings (SSSR count). The van der Waals surface area contributed by atoms with Crippen LogP contribution in [-0.2, 0) is 0 Å². The predicted molar refractivity (Wildman–Crippen MR) is 89.1 cm³/mol. The van der Waals surface area contributed by atoms with Gasteiger partial charge in [-0.2, -0.15) is 0 Å². The highest BCUT2D eigenvalue weighted by Gasteiger charge is 2.11.